The van der Waals surface area contributed by atoms with Gasteiger partial charge < -0.3 is 5.11 Å². The smallest absolute Gasteiger partial charge is 0.0919 e. The minimum atomic E-state index is -0.664. The summed E-state index contributed by atoms with van der Waals surface area (Å²) in [6.45, 7) is 0. The number of rotatable bonds is 2. The van der Waals surface area contributed by atoms with Crippen molar-refractivity contribution in [1.82, 2.24) is 0 Å². The van der Waals surface area contributed by atoms with E-state index >= 15 is 0 Å². The van der Waals surface area contributed by atoms with Crippen LogP contribution in [0, 0.1) is 11.3 Å². The molecule has 0 aliphatic rings. The Bertz CT molecular complexity index is 288. The summed E-state index contributed by atoms with van der Waals surface area (Å²) < 4.78 is 0.968. The largest absolute Gasteiger partial charge is 0.387 e. The molecule has 0 aliphatic carbocycles. The van der Waals surface area contributed by atoms with Crippen LogP contribution in [0.4, 0.5) is 0 Å². The molecule has 0 saturated heterocycles. The Balaban J connectivity index is 2.76. The third-order valence-electron chi connectivity index (χ3n) is 1.54. The van der Waals surface area contributed by atoms with Crippen LogP contribution in [0.1, 0.15) is 18.1 Å². The highest BCUT2D eigenvalue weighted by Crippen LogP contribution is 2.18. The number of nitrogens with zero attached hydrogens (tertiary/aromatic N) is 1. The van der Waals surface area contributed by atoms with Crippen LogP contribution >= 0.6 is 15.9 Å². The van der Waals surface area contributed by atoms with Crippen molar-refractivity contribution in [3.05, 3.63) is 34.3 Å². The molecule has 0 spiro atoms. The molecular formula is C9H8BrNO. The second-order valence-electron chi connectivity index (χ2n) is 2.43. The van der Waals surface area contributed by atoms with E-state index in [0.717, 1.165) is 10.0 Å². The predicted octanol–water partition coefficient (Wildman–Crippen LogP) is 2.40. The summed E-state index contributed by atoms with van der Waals surface area (Å²) >= 11 is 3.29. The maximum atomic E-state index is 9.37. The highest BCUT2D eigenvalue weighted by atomic mass is 79.9. The fourth-order valence-corrected chi connectivity index (χ4v) is 1.15. The first-order chi connectivity index (χ1) is 5.74. The van der Waals surface area contributed by atoms with E-state index in [1.165, 1.54) is 0 Å². The van der Waals surface area contributed by atoms with E-state index in [2.05, 4.69) is 15.9 Å². The Morgan fingerprint density at radius 1 is 1.42 bits per heavy atom. The van der Waals surface area contributed by atoms with Gasteiger partial charge in [-0.3, -0.25) is 0 Å². The van der Waals surface area contributed by atoms with Gasteiger partial charge in [0, 0.05) is 4.47 Å². The van der Waals surface area contributed by atoms with Crippen molar-refractivity contribution in [2.24, 2.45) is 0 Å². The van der Waals surface area contributed by atoms with Gasteiger partial charge in [-0.1, -0.05) is 28.1 Å². The lowest BCUT2D eigenvalue weighted by Gasteiger charge is -2.05. The van der Waals surface area contributed by atoms with Gasteiger partial charge in [0.15, 0.2) is 0 Å². The van der Waals surface area contributed by atoms with Crippen molar-refractivity contribution in [2.75, 3.05) is 0 Å². The molecule has 2 nitrogen and oxygen atoms in total. The summed E-state index contributed by atoms with van der Waals surface area (Å²) in [6, 6.07) is 9.20. The number of hydrogen-bond donors (Lipinski definition) is 1. The molecule has 0 radical (unpaired) electrons. The molecule has 3 heteroatoms. The van der Waals surface area contributed by atoms with E-state index in [4.69, 9.17) is 5.26 Å². The molecule has 1 N–H and O–H groups in total. The fraction of sp³-hybridized carbons (Fsp3) is 0.222. The molecule has 1 atom stereocenters. The van der Waals surface area contributed by atoms with Crippen molar-refractivity contribution in [1.29, 1.82) is 5.26 Å². The first kappa shape index (κ1) is 9.24. The molecule has 0 amide bonds. The van der Waals surface area contributed by atoms with Gasteiger partial charge in [0.05, 0.1) is 18.6 Å². The highest BCUT2D eigenvalue weighted by molar-refractivity contribution is 9.10. The molecule has 1 aromatic carbocycles. The Hall–Kier alpha value is -0.850. The van der Waals surface area contributed by atoms with Gasteiger partial charge in [-0.25, -0.2) is 0 Å². The SMILES string of the molecule is N#CC[C@H](O)c1ccc(Br)cc1. The van der Waals surface area contributed by atoms with Crippen LogP contribution in [0.3, 0.4) is 0 Å². The summed E-state index contributed by atoms with van der Waals surface area (Å²) in [7, 11) is 0. The van der Waals surface area contributed by atoms with Gasteiger partial charge >= 0.3 is 0 Å². The summed E-state index contributed by atoms with van der Waals surface area (Å²) in [4.78, 5) is 0. The third-order valence-corrected chi connectivity index (χ3v) is 2.07. The van der Waals surface area contributed by atoms with Crippen LogP contribution in [0.25, 0.3) is 0 Å². The summed E-state index contributed by atoms with van der Waals surface area (Å²) in [5, 5.41) is 17.7. The minimum Gasteiger partial charge on any atom is -0.387 e. The first-order valence-corrected chi connectivity index (χ1v) is 4.34. The maximum absolute atomic E-state index is 9.37. The van der Waals surface area contributed by atoms with E-state index in [1.54, 1.807) is 12.1 Å². The summed E-state index contributed by atoms with van der Waals surface area (Å²) in [5.41, 5.74) is 0.778. The Labute approximate surface area is 79.6 Å². The average molecular weight is 226 g/mol. The monoisotopic (exact) mass is 225 g/mol. The standard InChI is InChI=1S/C9H8BrNO/c10-8-3-1-7(2-4-8)9(12)5-6-11/h1-4,9,12H,5H2/t9-/m0/s1. The quantitative estimate of drug-likeness (QED) is 0.841. The minimum absolute atomic E-state index is 0.141. The second-order valence-corrected chi connectivity index (χ2v) is 3.35. The number of aliphatic hydroxyl groups is 1. The van der Waals surface area contributed by atoms with Crippen molar-refractivity contribution in [2.45, 2.75) is 12.5 Å². The van der Waals surface area contributed by atoms with Gasteiger partial charge in [0.25, 0.3) is 0 Å². The van der Waals surface area contributed by atoms with Gasteiger partial charge in [-0.15, -0.1) is 0 Å². The normalized spacial score (nSPS) is 12.1. The number of hydrogen-bond acceptors (Lipinski definition) is 2. The number of halogens is 1. The van der Waals surface area contributed by atoms with E-state index in [9.17, 15) is 5.11 Å². The van der Waals surface area contributed by atoms with Crippen LogP contribution in [0.15, 0.2) is 28.7 Å². The molecule has 62 valence electrons. The Morgan fingerprint density at radius 2 is 2.00 bits per heavy atom. The number of benzene rings is 1. The zero-order valence-electron chi connectivity index (χ0n) is 6.37. The van der Waals surface area contributed by atoms with Gasteiger partial charge in [0.2, 0.25) is 0 Å². The van der Waals surface area contributed by atoms with Crippen molar-refractivity contribution in [3.8, 4) is 6.07 Å². The van der Waals surface area contributed by atoms with Gasteiger partial charge in [0.1, 0.15) is 0 Å². The lowest BCUT2D eigenvalue weighted by atomic mass is 10.1. The summed E-state index contributed by atoms with van der Waals surface area (Å²) in [6.07, 6.45) is -0.523. The predicted molar refractivity (Wildman–Crippen MR) is 49.3 cm³/mol. The second kappa shape index (κ2) is 4.24. The Morgan fingerprint density at radius 3 is 2.50 bits per heavy atom. The molecule has 0 unspecified atom stereocenters. The molecule has 0 bridgehead atoms. The molecule has 0 aliphatic heterocycles. The van der Waals surface area contributed by atoms with Gasteiger partial charge in [-0.2, -0.15) is 5.26 Å². The lowest BCUT2D eigenvalue weighted by molar-refractivity contribution is 0.183. The average Bonchev–Trinajstić information content (AvgIpc) is 2.06. The third kappa shape index (κ3) is 2.33. The van der Waals surface area contributed by atoms with Crippen molar-refractivity contribution >= 4 is 15.9 Å². The maximum Gasteiger partial charge on any atom is 0.0919 e. The highest BCUT2D eigenvalue weighted by Gasteiger charge is 2.05. The van der Waals surface area contributed by atoms with E-state index < -0.39 is 6.10 Å². The van der Waals surface area contributed by atoms with E-state index in [0.29, 0.717) is 0 Å². The molecule has 1 aromatic rings. The molecule has 0 fully saturated rings. The van der Waals surface area contributed by atoms with E-state index in [-0.39, 0.29) is 6.42 Å². The molecule has 12 heavy (non-hydrogen) atoms. The Kier molecular flexibility index (Phi) is 3.27. The molecule has 1 rings (SSSR count). The van der Waals surface area contributed by atoms with Crippen LogP contribution in [0.2, 0.25) is 0 Å². The summed E-state index contributed by atoms with van der Waals surface area (Å²) in [5.74, 6) is 0. The first-order valence-electron chi connectivity index (χ1n) is 3.54. The van der Waals surface area contributed by atoms with Crippen molar-refractivity contribution < 1.29 is 5.11 Å². The number of aliphatic hydroxyl groups excluding tert-OH is 1. The van der Waals surface area contributed by atoms with E-state index in [1.807, 2.05) is 18.2 Å². The van der Waals surface area contributed by atoms with Crippen LogP contribution < -0.4 is 0 Å². The molecule has 0 aromatic heterocycles. The topological polar surface area (TPSA) is 44.0 Å². The lowest BCUT2D eigenvalue weighted by Crippen LogP contribution is -1.94. The number of nitriles is 1. The van der Waals surface area contributed by atoms with Crippen molar-refractivity contribution in [3.63, 3.8) is 0 Å². The molecule has 0 saturated carbocycles. The van der Waals surface area contributed by atoms with Gasteiger partial charge in [-0.05, 0) is 17.7 Å². The van der Waals surface area contributed by atoms with Crippen LogP contribution in [0.5, 0.6) is 0 Å². The molecular weight excluding hydrogens is 218 g/mol. The van der Waals surface area contributed by atoms with Crippen LogP contribution in [-0.4, -0.2) is 5.11 Å². The molecule has 0 heterocycles. The fourth-order valence-electron chi connectivity index (χ4n) is 0.889. The zero-order valence-corrected chi connectivity index (χ0v) is 7.95. The zero-order chi connectivity index (χ0) is 8.97. The van der Waals surface area contributed by atoms with Crippen LogP contribution in [-0.2, 0) is 0 Å².